The zero-order valence-electron chi connectivity index (χ0n) is 9.86. The van der Waals surface area contributed by atoms with Gasteiger partial charge in [0.2, 0.25) is 0 Å². The number of rotatable bonds is 3. The molecule has 0 spiro atoms. The van der Waals surface area contributed by atoms with E-state index < -0.39 is 10.0 Å². The quantitative estimate of drug-likeness (QED) is 0.910. The zero-order valence-corrected chi connectivity index (χ0v) is 11.4. The van der Waals surface area contributed by atoms with Gasteiger partial charge in [-0.05, 0) is 37.6 Å². The third kappa shape index (κ3) is 2.49. The van der Waals surface area contributed by atoms with Gasteiger partial charge in [0.25, 0.3) is 10.0 Å². The summed E-state index contributed by atoms with van der Waals surface area (Å²) in [7, 11) is -3.62. The second-order valence-corrected chi connectivity index (χ2v) is 6.01. The molecule has 0 aliphatic rings. The highest BCUT2D eigenvalue weighted by Gasteiger charge is 2.19. The number of hydrogen-bond acceptors (Lipinski definition) is 3. The lowest BCUT2D eigenvalue weighted by Crippen LogP contribution is -2.14. The average molecular weight is 286 g/mol. The lowest BCUT2D eigenvalue weighted by Gasteiger charge is -2.10. The van der Waals surface area contributed by atoms with Crippen molar-refractivity contribution in [3.05, 3.63) is 40.7 Å². The summed E-state index contributed by atoms with van der Waals surface area (Å²) in [6.07, 6.45) is 1.28. The molecule has 0 saturated carbocycles. The largest absolute Gasteiger partial charge is 0.281 e. The van der Waals surface area contributed by atoms with Crippen molar-refractivity contribution in [3.8, 4) is 0 Å². The molecular formula is C11H12ClN3O2S. The van der Waals surface area contributed by atoms with E-state index in [0.717, 1.165) is 5.56 Å². The van der Waals surface area contributed by atoms with Crippen molar-refractivity contribution in [3.63, 3.8) is 0 Å². The van der Waals surface area contributed by atoms with Crippen LogP contribution in [0.2, 0.25) is 5.02 Å². The molecule has 0 amide bonds. The number of hydrogen-bond donors (Lipinski definition) is 2. The lowest BCUT2D eigenvalue weighted by atomic mass is 10.2. The number of anilines is 1. The van der Waals surface area contributed by atoms with Crippen LogP contribution in [-0.4, -0.2) is 18.6 Å². The van der Waals surface area contributed by atoms with Crippen LogP contribution in [0.4, 0.5) is 5.69 Å². The van der Waals surface area contributed by atoms with Gasteiger partial charge in [-0.2, -0.15) is 5.10 Å². The summed E-state index contributed by atoms with van der Waals surface area (Å²) in [6, 6.07) is 4.96. The molecule has 1 aromatic heterocycles. The van der Waals surface area contributed by atoms with Gasteiger partial charge in [0.1, 0.15) is 4.90 Å². The Labute approximate surface area is 110 Å². The third-order valence-corrected chi connectivity index (χ3v) is 4.22. The molecule has 18 heavy (non-hydrogen) atoms. The molecule has 0 unspecified atom stereocenters. The van der Waals surface area contributed by atoms with Gasteiger partial charge in [0, 0.05) is 5.02 Å². The molecule has 0 aliphatic carbocycles. The number of aromatic amines is 1. The maximum absolute atomic E-state index is 12.1. The number of halogens is 1. The highest BCUT2D eigenvalue weighted by molar-refractivity contribution is 7.92. The van der Waals surface area contributed by atoms with Crippen molar-refractivity contribution in [2.24, 2.45) is 0 Å². The summed E-state index contributed by atoms with van der Waals surface area (Å²) in [5.41, 5.74) is 1.75. The normalized spacial score (nSPS) is 11.5. The number of aryl methyl sites for hydroxylation is 2. The minimum Gasteiger partial charge on any atom is -0.281 e. The Morgan fingerprint density at radius 3 is 2.61 bits per heavy atom. The molecule has 0 saturated heterocycles. The summed E-state index contributed by atoms with van der Waals surface area (Å²) in [4.78, 5) is 0.136. The van der Waals surface area contributed by atoms with E-state index in [0.29, 0.717) is 16.4 Å². The first kappa shape index (κ1) is 12.9. The Balaban J connectivity index is 2.37. The Hall–Kier alpha value is -1.53. The fourth-order valence-corrected chi connectivity index (χ4v) is 3.05. The lowest BCUT2D eigenvalue weighted by molar-refractivity contribution is 0.600. The van der Waals surface area contributed by atoms with Crippen LogP contribution >= 0.6 is 11.6 Å². The minimum absolute atomic E-state index is 0.136. The van der Waals surface area contributed by atoms with Gasteiger partial charge in [-0.15, -0.1) is 0 Å². The van der Waals surface area contributed by atoms with E-state index in [1.807, 2.05) is 0 Å². The molecule has 0 atom stereocenters. The Kier molecular flexibility index (Phi) is 3.32. The maximum Gasteiger partial charge on any atom is 0.265 e. The molecule has 2 rings (SSSR count). The Bertz CT molecular complexity index is 679. The molecule has 5 nitrogen and oxygen atoms in total. The molecule has 0 radical (unpaired) electrons. The van der Waals surface area contributed by atoms with Gasteiger partial charge in [-0.25, -0.2) is 8.42 Å². The van der Waals surface area contributed by atoms with E-state index in [1.54, 1.807) is 32.0 Å². The van der Waals surface area contributed by atoms with Crippen molar-refractivity contribution < 1.29 is 8.42 Å². The fourth-order valence-electron chi connectivity index (χ4n) is 1.55. The summed E-state index contributed by atoms with van der Waals surface area (Å²) < 4.78 is 26.7. The van der Waals surface area contributed by atoms with Gasteiger partial charge < -0.3 is 0 Å². The number of aromatic nitrogens is 2. The third-order valence-electron chi connectivity index (χ3n) is 2.51. The molecule has 7 heteroatoms. The van der Waals surface area contributed by atoms with Crippen LogP contribution in [0, 0.1) is 13.8 Å². The van der Waals surface area contributed by atoms with Crippen LogP contribution in [0.1, 0.15) is 11.3 Å². The Morgan fingerprint density at radius 1 is 1.33 bits per heavy atom. The van der Waals surface area contributed by atoms with Crippen LogP contribution in [0.25, 0.3) is 0 Å². The van der Waals surface area contributed by atoms with Crippen LogP contribution < -0.4 is 4.72 Å². The number of nitrogens with one attached hydrogen (secondary N) is 2. The van der Waals surface area contributed by atoms with Crippen molar-refractivity contribution in [1.82, 2.24) is 10.2 Å². The smallest absolute Gasteiger partial charge is 0.265 e. The SMILES string of the molecule is Cc1cc(Cl)ccc1NS(=O)(=O)c1cn[nH]c1C. The Morgan fingerprint density at radius 2 is 2.06 bits per heavy atom. The molecule has 1 aromatic carbocycles. The molecule has 0 bridgehead atoms. The molecule has 1 heterocycles. The molecule has 2 aromatic rings. The maximum atomic E-state index is 12.1. The minimum atomic E-state index is -3.62. The van der Waals surface area contributed by atoms with Crippen molar-refractivity contribution in [1.29, 1.82) is 0 Å². The second kappa shape index (κ2) is 4.62. The van der Waals surface area contributed by atoms with E-state index >= 15 is 0 Å². The average Bonchev–Trinajstić information content (AvgIpc) is 2.69. The second-order valence-electron chi connectivity index (χ2n) is 3.92. The van der Waals surface area contributed by atoms with Crippen molar-refractivity contribution in [2.45, 2.75) is 18.7 Å². The first-order valence-corrected chi connectivity index (χ1v) is 7.05. The predicted molar refractivity (Wildman–Crippen MR) is 70.3 cm³/mol. The zero-order chi connectivity index (χ0) is 13.3. The number of H-pyrrole nitrogens is 1. The topological polar surface area (TPSA) is 74.8 Å². The van der Waals surface area contributed by atoms with Gasteiger partial charge in [0.05, 0.1) is 17.6 Å². The van der Waals surface area contributed by atoms with Crippen molar-refractivity contribution >= 4 is 27.3 Å². The highest BCUT2D eigenvalue weighted by atomic mass is 35.5. The van der Waals surface area contributed by atoms with E-state index in [-0.39, 0.29) is 4.90 Å². The van der Waals surface area contributed by atoms with Crippen LogP contribution in [0.5, 0.6) is 0 Å². The number of nitrogens with zero attached hydrogens (tertiary/aromatic N) is 1. The van der Waals surface area contributed by atoms with Crippen LogP contribution in [-0.2, 0) is 10.0 Å². The first-order chi connectivity index (χ1) is 8.40. The van der Waals surface area contributed by atoms with Gasteiger partial charge in [-0.3, -0.25) is 9.82 Å². The summed E-state index contributed by atoms with van der Waals surface area (Å²) in [6.45, 7) is 3.43. The van der Waals surface area contributed by atoms with E-state index in [4.69, 9.17) is 11.6 Å². The van der Waals surface area contributed by atoms with Gasteiger partial charge >= 0.3 is 0 Å². The van der Waals surface area contributed by atoms with E-state index in [9.17, 15) is 8.42 Å². The van der Waals surface area contributed by atoms with E-state index in [1.165, 1.54) is 6.20 Å². The van der Waals surface area contributed by atoms with Crippen molar-refractivity contribution in [2.75, 3.05) is 4.72 Å². The molecular weight excluding hydrogens is 274 g/mol. The molecule has 2 N–H and O–H groups in total. The summed E-state index contributed by atoms with van der Waals surface area (Å²) in [5, 5.41) is 6.86. The highest BCUT2D eigenvalue weighted by Crippen LogP contribution is 2.23. The molecule has 0 fully saturated rings. The van der Waals surface area contributed by atoms with Gasteiger partial charge in [-0.1, -0.05) is 11.6 Å². The summed E-state index contributed by atoms with van der Waals surface area (Å²) >= 11 is 5.82. The summed E-state index contributed by atoms with van der Waals surface area (Å²) in [5.74, 6) is 0. The standard InChI is InChI=1S/C11H12ClN3O2S/c1-7-5-9(12)3-4-10(7)15-18(16,17)11-6-13-14-8(11)2/h3-6,15H,1-2H3,(H,13,14). The predicted octanol–water partition coefficient (Wildman–Crippen LogP) is 2.48. The van der Waals surface area contributed by atoms with E-state index in [2.05, 4.69) is 14.9 Å². The monoisotopic (exact) mass is 285 g/mol. The number of sulfonamides is 1. The molecule has 0 aliphatic heterocycles. The van der Waals surface area contributed by atoms with Gasteiger partial charge in [0.15, 0.2) is 0 Å². The first-order valence-electron chi connectivity index (χ1n) is 5.19. The number of benzene rings is 1. The molecule has 96 valence electrons. The van der Waals surface area contributed by atoms with Crippen LogP contribution in [0.15, 0.2) is 29.3 Å². The van der Waals surface area contributed by atoms with Crippen LogP contribution in [0.3, 0.4) is 0 Å². The fraction of sp³-hybridized carbons (Fsp3) is 0.182.